The molecule has 7 nitrogen and oxygen atoms in total. The molecule has 0 aliphatic carbocycles. The number of carbonyl (C=O) groups excluding carboxylic acids is 3. The molecule has 2 aliphatic rings. The molecule has 0 unspecified atom stereocenters. The van der Waals surface area contributed by atoms with Crippen molar-refractivity contribution in [2.75, 3.05) is 49.6 Å². The van der Waals surface area contributed by atoms with Crippen molar-refractivity contribution in [1.82, 2.24) is 4.90 Å². The molecule has 2 aromatic carbocycles. The van der Waals surface area contributed by atoms with Crippen molar-refractivity contribution >= 4 is 40.6 Å². The summed E-state index contributed by atoms with van der Waals surface area (Å²) in [7, 11) is 1.66. The van der Waals surface area contributed by atoms with Crippen LogP contribution in [0.5, 0.6) is 5.75 Å². The Hall–Kier alpha value is -3.06. The maximum atomic E-state index is 12.6. The maximum absolute atomic E-state index is 12.6. The Morgan fingerprint density at radius 3 is 2.55 bits per heavy atom. The number of nitrogens with zero attached hydrogens (tertiary/aromatic N) is 3. The Bertz CT molecular complexity index is 1020. The fourth-order valence-corrected chi connectivity index (χ4v) is 4.04. The number of hydrogen-bond acceptors (Lipinski definition) is 5. The third-order valence-electron chi connectivity index (χ3n) is 5.74. The molecular weight excluding hydrogens is 418 g/mol. The number of fused-ring (bicyclic) bond motifs is 1. The molecule has 31 heavy (non-hydrogen) atoms. The molecule has 2 heterocycles. The Labute approximate surface area is 186 Å². The van der Waals surface area contributed by atoms with Gasteiger partial charge in [0.15, 0.2) is 12.4 Å². The summed E-state index contributed by atoms with van der Waals surface area (Å²) < 4.78 is 5.39. The number of benzene rings is 2. The van der Waals surface area contributed by atoms with Gasteiger partial charge in [0.1, 0.15) is 5.75 Å². The number of hydrogen-bond donors (Lipinski definition) is 0. The lowest BCUT2D eigenvalue weighted by molar-refractivity contribution is -0.131. The minimum atomic E-state index is -0.163. The van der Waals surface area contributed by atoms with Gasteiger partial charge < -0.3 is 19.4 Å². The monoisotopic (exact) mass is 441 g/mol. The van der Waals surface area contributed by atoms with Crippen LogP contribution in [-0.4, -0.2) is 62.3 Å². The number of Topliss-reactive ketones (excluding diaryl/α,β-unsaturated/α-hetero) is 1. The molecule has 0 aromatic heterocycles. The Morgan fingerprint density at radius 1 is 1.03 bits per heavy atom. The van der Waals surface area contributed by atoms with E-state index in [1.807, 2.05) is 29.2 Å². The summed E-state index contributed by atoms with van der Waals surface area (Å²) in [6, 6.07) is 12.7. The standard InChI is InChI=1S/C23H24ClN3O4/c1-25-19-13-16(5-7-21(19)31-15-23(25)30)20(28)6-8-22(29)27-11-9-26(10-12-27)18-4-2-3-17(24)14-18/h2-5,7,13-14H,6,8-12,15H2,1H3. The van der Waals surface area contributed by atoms with Crippen LogP contribution in [0, 0.1) is 0 Å². The molecule has 4 rings (SSSR count). The molecule has 1 fully saturated rings. The van der Waals surface area contributed by atoms with E-state index in [9.17, 15) is 14.4 Å². The van der Waals surface area contributed by atoms with Crippen LogP contribution in [0.3, 0.4) is 0 Å². The minimum absolute atomic E-state index is 0.00410. The molecule has 0 atom stereocenters. The summed E-state index contributed by atoms with van der Waals surface area (Å²) in [5.41, 5.74) is 2.10. The predicted octanol–water partition coefficient (Wildman–Crippen LogP) is 3.01. The van der Waals surface area contributed by atoms with Gasteiger partial charge in [0, 0.05) is 62.3 Å². The van der Waals surface area contributed by atoms with Crippen LogP contribution in [0.1, 0.15) is 23.2 Å². The van der Waals surface area contributed by atoms with Crippen LogP contribution in [0.4, 0.5) is 11.4 Å². The Balaban J connectivity index is 1.30. The number of likely N-dealkylation sites (N-methyl/N-ethyl adjacent to an activating group) is 1. The van der Waals surface area contributed by atoms with E-state index in [-0.39, 0.29) is 37.0 Å². The lowest BCUT2D eigenvalue weighted by Crippen LogP contribution is -2.48. The molecule has 0 saturated carbocycles. The molecule has 162 valence electrons. The van der Waals surface area contributed by atoms with Crippen LogP contribution in [0.2, 0.25) is 5.02 Å². The molecule has 2 aliphatic heterocycles. The smallest absolute Gasteiger partial charge is 0.264 e. The van der Waals surface area contributed by atoms with Gasteiger partial charge in [0.25, 0.3) is 5.91 Å². The van der Waals surface area contributed by atoms with Crippen molar-refractivity contribution < 1.29 is 19.1 Å². The summed E-state index contributed by atoms with van der Waals surface area (Å²) in [6.07, 6.45) is 0.295. The fraction of sp³-hybridized carbons (Fsp3) is 0.348. The zero-order valence-electron chi connectivity index (χ0n) is 17.3. The Kier molecular flexibility index (Phi) is 6.13. The van der Waals surface area contributed by atoms with Crippen molar-refractivity contribution in [2.24, 2.45) is 0 Å². The van der Waals surface area contributed by atoms with Crippen molar-refractivity contribution in [3.8, 4) is 5.75 Å². The summed E-state index contributed by atoms with van der Waals surface area (Å²) in [5, 5.41) is 0.693. The van der Waals surface area contributed by atoms with E-state index in [2.05, 4.69) is 4.90 Å². The molecule has 2 aromatic rings. The summed E-state index contributed by atoms with van der Waals surface area (Å²) in [5.74, 6) is 0.268. The average molecular weight is 442 g/mol. The van der Waals surface area contributed by atoms with E-state index < -0.39 is 0 Å². The maximum Gasteiger partial charge on any atom is 0.264 e. The van der Waals surface area contributed by atoms with E-state index in [1.54, 1.807) is 25.2 Å². The van der Waals surface area contributed by atoms with Crippen LogP contribution >= 0.6 is 11.6 Å². The third kappa shape index (κ3) is 4.66. The number of piperazine rings is 1. The lowest BCUT2D eigenvalue weighted by Gasteiger charge is -2.36. The van der Waals surface area contributed by atoms with Crippen LogP contribution in [0.15, 0.2) is 42.5 Å². The SMILES string of the molecule is CN1C(=O)COc2ccc(C(=O)CCC(=O)N3CCN(c4cccc(Cl)c4)CC3)cc21. The van der Waals surface area contributed by atoms with Crippen molar-refractivity contribution in [3.05, 3.63) is 53.1 Å². The highest BCUT2D eigenvalue weighted by molar-refractivity contribution is 6.30. The average Bonchev–Trinajstić information content (AvgIpc) is 2.79. The third-order valence-corrected chi connectivity index (χ3v) is 5.97. The van der Waals surface area contributed by atoms with Gasteiger partial charge in [0.05, 0.1) is 5.69 Å². The van der Waals surface area contributed by atoms with Gasteiger partial charge in [-0.3, -0.25) is 14.4 Å². The highest BCUT2D eigenvalue weighted by Crippen LogP contribution is 2.32. The number of rotatable bonds is 5. The normalized spacial score (nSPS) is 16.1. The molecule has 0 bridgehead atoms. The molecule has 2 amide bonds. The van der Waals surface area contributed by atoms with Crippen molar-refractivity contribution in [1.29, 1.82) is 0 Å². The first-order chi connectivity index (χ1) is 14.9. The molecular formula is C23H24ClN3O4. The molecule has 0 spiro atoms. The van der Waals surface area contributed by atoms with Crippen molar-refractivity contribution in [3.63, 3.8) is 0 Å². The van der Waals surface area contributed by atoms with Gasteiger partial charge in [-0.15, -0.1) is 0 Å². The first-order valence-electron chi connectivity index (χ1n) is 10.3. The second-order valence-electron chi connectivity index (χ2n) is 7.69. The number of anilines is 2. The van der Waals surface area contributed by atoms with Gasteiger partial charge in [-0.1, -0.05) is 17.7 Å². The fourth-order valence-electron chi connectivity index (χ4n) is 3.86. The predicted molar refractivity (Wildman–Crippen MR) is 119 cm³/mol. The van der Waals surface area contributed by atoms with E-state index in [4.69, 9.17) is 16.3 Å². The summed E-state index contributed by atoms with van der Waals surface area (Å²) in [4.78, 5) is 42.6. The zero-order valence-corrected chi connectivity index (χ0v) is 18.1. The molecule has 8 heteroatoms. The highest BCUT2D eigenvalue weighted by atomic mass is 35.5. The molecule has 1 saturated heterocycles. The van der Waals surface area contributed by atoms with Gasteiger partial charge in [0.2, 0.25) is 5.91 Å². The van der Waals surface area contributed by atoms with E-state index in [0.717, 1.165) is 18.8 Å². The number of ketones is 1. The molecule has 0 radical (unpaired) electrons. The van der Waals surface area contributed by atoms with Gasteiger partial charge in [-0.2, -0.15) is 0 Å². The number of amides is 2. The van der Waals surface area contributed by atoms with Gasteiger partial charge in [-0.25, -0.2) is 0 Å². The number of halogens is 1. The molecule has 0 N–H and O–H groups in total. The number of carbonyl (C=O) groups is 3. The largest absolute Gasteiger partial charge is 0.482 e. The lowest BCUT2D eigenvalue weighted by atomic mass is 10.0. The second-order valence-corrected chi connectivity index (χ2v) is 8.13. The second kappa shape index (κ2) is 8.98. The summed E-state index contributed by atoms with van der Waals surface area (Å²) in [6.45, 7) is 2.68. The van der Waals surface area contributed by atoms with E-state index >= 15 is 0 Å². The Morgan fingerprint density at radius 2 is 1.81 bits per heavy atom. The first kappa shape index (κ1) is 21.2. The minimum Gasteiger partial charge on any atom is -0.482 e. The van der Waals surface area contributed by atoms with Crippen molar-refractivity contribution in [2.45, 2.75) is 12.8 Å². The zero-order chi connectivity index (χ0) is 22.0. The highest BCUT2D eigenvalue weighted by Gasteiger charge is 2.25. The quantitative estimate of drug-likeness (QED) is 0.667. The van der Waals surface area contributed by atoms with Gasteiger partial charge in [-0.05, 0) is 36.4 Å². The van der Waals surface area contributed by atoms with E-state index in [1.165, 1.54) is 4.90 Å². The van der Waals surface area contributed by atoms with E-state index in [0.29, 0.717) is 35.1 Å². The van der Waals surface area contributed by atoms with Crippen LogP contribution < -0.4 is 14.5 Å². The summed E-state index contributed by atoms with van der Waals surface area (Å²) >= 11 is 6.07. The van der Waals surface area contributed by atoms with Crippen LogP contribution in [-0.2, 0) is 9.59 Å². The number of ether oxygens (including phenoxy) is 1. The van der Waals surface area contributed by atoms with Crippen LogP contribution in [0.25, 0.3) is 0 Å². The van der Waals surface area contributed by atoms with Gasteiger partial charge >= 0.3 is 0 Å². The topological polar surface area (TPSA) is 70.2 Å². The first-order valence-corrected chi connectivity index (χ1v) is 10.6.